The van der Waals surface area contributed by atoms with Gasteiger partial charge in [0.2, 0.25) is 0 Å². The molecule has 0 amide bonds. The zero-order valence-electron chi connectivity index (χ0n) is 13.6. The topological polar surface area (TPSA) is 37.3 Å². The number of aromatic nitrogens is 1. The molecule has 0 spiro atoms. The fourth-order valence-electron chi connectivity index (χ4n) is 2.95. The molecule has 1 aliphatic rings. The van der Waals surface area contributed by atoms with E-state index in [1.165, 1.54) is 22.3 Å². The van der Waals surface area contributed by atoms with Crippen molar-refractivity contribution >= 4 is 17.4 Å². The summed E-state index contributed by atoms with van der Waals surface area (Å²) < 4.78 is 0. The number of aliphatic imine (C=N–C) groups is 1. The lowest BCUT2D eigenvalue weighted by Crippen LogP contribution is -2.29. The number of nitrogens with zero attached hydrogens (tertiary/aromatic N) is 2. The lowest BCUT2D eigenvalue weighted by atomic mass is 9.95. The molecule has 0 bridgehead atoms. The summed E-state index contributed by atoms with van der Waals surface area (Å²) in [6.45, 7) is 5.19. The maximum Gasteiger partial charge on any atom is 0.0968 e. The molecule has 1 aromatic heterocycles. The summed E-state index contributed by atoms with van der Waals surface area (Å²) in [6, 6.07) is 8.23. The maximum absolute atomic E-state index is 6.19. The number of amidine groups is 1. The Hall–Kier alpha value is -1.87. The van der Waals surface area contributed by atoms with Crippen molar-refractivity contribution in [2.45, 2.75) is 39.2 Å². The molecule has 1 aromatic carbocycles. The number of aryl methyl sites for hydroxylation is 1. The van der Waals surface area contributed by atoms with Gasteiger partial charge < -0.3 is 5.32 Å². The molecule has 2 heterocycles. The second kappa shape index (κ2) is 7.14. The zero-order valence-corrected chi connectivity index (χ0v) is 14.4. The van der Waals surface area contributed by atoms with Crippen LogP contribution in [0.25, 0.3) is 0 Å². The highest BCUT2D eigenvalue weighted by Gasteiger charge is 2.18. The van der Waals surface area contributed by atoms with E-state index >= 15 is 0 Å². The lowest BCUT2D eigenvalue weighted by Gasteiger charge is -2.22. The molecule has 3 nitrogen and oxygen atoms in total. The molecule has 1 unspecified atom stereocenters. The number of pyridine rings is 1. The van der Waals surface area contributed by atoms with Crippen LogP contribution < -0.4 is 5.32 Å². The Kier molecular flexibility index (Phi) is 4.97. The van der Waals surface area contributed by atoms with Crippen molar-refractivity contribution in [1.82, 2.24) is 10.3 Å². The van der Waals surface area contributed by atoms with Crippen LogP contribution in [0.2, 0.25) is 5.02 Å². The predicted octanol–water partition coefficient (Wildman–Crippen LogP) is 4.42. The van der Waals surface area contributed by atoms with Gasteiger partial charge in [-0.25, -0.2) is 0 Å². The summed E-state index contributed by atoms with van der Waals surface area (Å²) in [6.07, 6.45) is 6.93. The summed E-state index contributed by atoms with van der Waals surface area (Å²) in [5.74, 6) is 1.10. The first-order chi connectivity index (χ1) is 11.1. The Bertz CT molecular complexity index is 724. The molecule has 4 heteroatoms. The van der Waals surface area contributed by atoms with Crippen LogP contribution in [0.15, 0.2) is 41.7 Å². The van der Waals surface area contributed by atoms with E-state index in [0.29, 0.717) is 0 Å². The average molecular weight is 328 g/mol. The summed E-state index contributed by atoms with van der Waals surface area (Å²) in [5.41, 5.74) is 4.99. The summed E-state index contributed by atoms with van der Waals surface area (Å²) in [5, 5.41) is 4.38. The predicted molar refractivity (Wildman–Crippen MR) is 96.3 cm³/mol. The SMILES string of the molecule is Cc1cncc(CC(NC2=NCCC2)c2cccc(Cl)c2)c1C. The largest absolute Gasteiger partial charge is 0.367 e. The van der Waals surface area contributed by atoms with Crippen LogP contribution in [0, 0.1) is 13.8 Å². The van der Waals surface area contributed by atoms with Crippen LogP contribution in [-0.2, 0) is 6.42 Å². The van der Waals surface area contributed by atoms with Crippen LogP contribution in [0.3, 0.4) is 0 Å². The van der Waals surface area contributed by atoms with Gasteiger partial charge in [-0.15, -0.1) is 0 Å². The molecular weight excluding hydrogens is 306 g/mol. The lowest BCUT2D eigenvalue weighted by molar-refractivity contribution is 0.635. The number of hydrogen-bond acceptors (Lipinski definition) is 3. The van der Waals surface area contributed by atoms with Crippen LogP contribution in [0.4, 0.5) is 0 Å². The highest BCUT2D eigenvalue weighted by molar-refractivity contribution is 6.30. The van der Waals surface area contributed by atoms with Gasteiger partial charge in [0.1, 0.15) is 0 Å². The molecule has 0 saturated heterocycles. The third-order valence-corrected chi connectivity index (χ3v) is 4.70. The van der Waals surface area contributed by atoms with Crippen LogP contribution in [0.1, 0.15) is 41.1 Å². The number of halogens is 1. The molecule has 0 fully saturated rings. The van der Waals surface area contributed by atoms with Gasteiger partial charge >= 0.3 is 0 Å². The Balaban J connectivity index is 1.89. The van der Waals surface area contributed by atoms with E-state index in [-0.39, 0.29) is 6.04 Å². The molecule has 3 rings (SSSR count). The van der Waals surface area contributed by atoms with Gasteiger partial charge in [-0.1, -0.05) is 23.7 Å². The molecule has 1 aliphatic heterocycles. The molecule has 23 heavy (non-hydrogen) atoms. The average Bonchev–Trinajstić information content (AvgIpc) is 3.04. The highest BCUT2D eigenvalue weighted by atomic mass is 35.5. The minimum Gasteiger partial charge on any atom is -0.367 e. The van der Waals surface area contributed by atoms with Gasteiger partial charge in [-0.3, -0.25) is 9.98 Å². The van der Waals surface area contributed by atoms with Crippen LogP contribution in [0.5, 0.6) is 0 Å². The first-order valence-electron chi connectivity index (χ1n) is 8.09. The van der Waals surface area contributed by atoms with Crippen LogP contribution in [-0.4, -0.2) is 17.4 Å². The highest BCUT2D eigenvalue weighted by Crippen LogP contribution is 2.24. The molecule has 2 aromatic rings. The van der Waals surface area contributed by atoms with E-state index in [9.17, 15) is 0 Å². The van der Waals surface area contributed by atoms with Crippen LogP contribution >= 0.6 is 11.6 Å². The van der Waals surface area contributed by atoms with Gasteiger partial charge in [0.05, 0.1) is 11.9 Å². The molecule has 0 radical (unpaired) electrons. The standard InChI is InChI=1S/C19H22ClN3/c1-13-11-21-12-16(14(13)2)10-18(23-19-7-4-8-22-19)15-5-3-6-17(20)9-15/h3,5-6,9,11-12,18H,4,7-8,10H2,1-2H3,(H,22,23). The van der Waals surface area contributed by atoms with E-state index in [4.69, 9.17) is 11.6 Å². The van der Waals surface area contributed by atoms with Gasteiger partial charge in [0.15, 0.2) is 0 Å². The Morgan fingerprint density at radius 3 is 2.87 bits per heavy atom. The normalized spacial score (nSPS) is 15.3. The summed E-state index contributed by atoms with van der Waals surface area (Å²) in [4.78, 5) is 8.92. The Labute approximate surface area is 142 Å². The monoisotopic (exact) mass is 327 g/mol. The molecule has 120 valence electrons. The van der Waals surface area contributed by atoms with Crippen molar-refractivity contribution in [3.8, 4) is 0 Å². The van der Waals surface area contributed by atoms with Crippen molar-refractivity contribution in [2.75, 3.05) is 6.54 Å². The van der Waals surface area contributed by atoms with Gasteiger partial charge in [0, 0.05) is 30.4 Å². The molecule has 0 saturated carbocycles. The van der Waals surface area contributed by atoms with Gasteiger partial charge in [0.25, 0.3) is 0 Å². The maximum atomic E-state index is 6.19. The first-order valence-corrected chi connectivity index (χ1v) is 8.46. The van der Waals surface area contributed by atoms with E-state index in [2.05, 4.69) is 35.2 Å². The minimum atomic E-state index is 0.160. The quantitative estimate of drug-likeness (QED) is 0.902. The summed E-state index contributed by atoms with van der Waals surface area (Å²) >= 11 is 6.19. The van der Waals surface area contributed by atoms with E-state index in [0.717, 1.165) is 36.7 Å². The molecule has 1 atom stereocenters. The third kappa shape index (κ3) is 3.91. The van der Waals surface area contributed by atoms with Crippen molar-refractivity contribution < 1.29 is 0 Å². The van der Waals surface area contributed by atoms with Gasteiger partial charge in [-0.2, -0.15) is 0 Å². The van der Waals surface area contributed by atoms with E-state index < -0.39 is 0 Å². The number of hydrogen-bond donors (Lipinski definition) is 1. The molecule has 0 aliphatic carbocycles. The first kappa shape index (κ1) is 16.0. The zero-order chi connectivity index (χ0) is 16.2. The smallest absolute Gasteiger partial charge is 0.0968 e. The molecular formula is C19H22ClN3. The van der Waals surface area contributed by atoms with Crippen molar-refractivity contribution in [3.63, 3.8) is 0 Å². The van der Waals surface area contributed by atoms with E-state index in [1.807, 2.05) is 30.6 Å². The minimum absolute atomic E-state index is 0.160. The van der Waals surface area contributed by atoms with Crippen molar-refractivity contribution in [2.24, 2.45) is 4.99 Å². The third-order valence-electron chi connectivity index (χ3n) is 4.46. The Morgan fingerprint density at radius 2 is 2.13 bits per heavy atom. The van der Waals surface area contributed by atoms with Gasteiger partial charge in [-0.05, 0) is 61.1 Å². The second-order valence-electron chi connectivity index (χ2n) is 6.13. The van der Waals surface area contributed by atoms with Crippen molar-refractivity contribution in [1.29, 1.82) is 0 Å². The molecule has 1 N–H and O–H groups in total. The Morgan fingerprint density at radius 1 is 1.26 bits per heavy atom. The van der Waals surface area contributed by atoms with Crippen molar-refractivity contribution in [3.05, 3.63) is 63.9 Å². The number of nitrogens with one attached hydrogen (secondary N) is 1. The fraction of sp³-hybridized carbons (Fsp3) is 0.368. The fourth-order valence-corrected chi connectivity index (χ4v) is 3.14. The second-order valence-corrected chi connectivity index (χ2v) is 6.56. The summed E-state index contributed by atoms with van der Waals surface area (Å²) in [7, 11) is 0. The van der Waals surface area contributed by atoms with E-state index in [1.54, 1.807) is 0 Å². The number of rotatable bonds is 4. The number of benzene rings is 1.